The third-order valence-electron chi connectivity index (χ3n) is 5.26. The summed E-state index contributed by atoms with van der Waals surface area (Å²) in [6.07, 6.45) is 4.83. The lowest BCUT2D eigenvalue weighted by molar-refractivity contribution is -0.385. The Morgan fingerprint density at radius 3 is 2.76 bits per heavy atom. The van der Waals surface area contributed by atoms with E-state index in [9.17, 15) is 19.7 Å². The Balaban J connectivity index is 1.43. The molecule has 1 aliphatic carbocycles. The van der Waals surface area contributed by atoms with Crippen LogP contribution in [-0.4, -0.2) is 39.3 Å². The number of benzene rings is 1. The number of nitro benzene ring substituents is 1. The Morgan fingerprint density at radius 1 is 1.24 bits per heavy atom. The summed E-state index contributed by atoms with van der Waals surface area (Å²) in [6.45, 7) is 0.749. The van der Waals surface area contributed by atoms with Crippen LogP contribution >= 0.6 is 11.3 Å². The van der Waals surface area contributed by atoms with Gasteiger partial charge in [-0.3, -0.25) is 20.2 Å². The van der Waals surface area contributed by atoms with Crippen LogP contribution in [0.4, 0.5) is 15.6 Å². The average Bonchev–Trinajstić information content (AvgIpc) is 3.35. The number of thiazole rings is 1. The van der Waals surface area contributed by atoms with Crippen molar-refractivity contribution in [3.63, 3.8) is 0 Å². The standard InChI is InChI=1S/C19H21N5O4S/c25-17(13-7-3-4-8-15(13)24(27)28)23-10-9-14-16(11-23)29-19(21-14)22-18(26)20-12-5-1-2-6-12/h3-4,7-8,12H,1-2,5-6,9-11H2,(H2,20,21,22,26). The van der Waals surface area contributed by atoms with Crippen LogP contribution in [0.5, 0.6) is 0 Å². The Bertz CT molecular complexity index is 954. The van der Waals surface area contributed by atoms with E-state index in [1.165, 1.54) is 23.5 Å². The molecule has 0 unspecified atom stereocenters. The van der Waals surface area contributed by atoms with Crippen LogP contribution in [0.25, 0.3) is 0 Å². The fraction of sp³-hybridized carbons (Fsp3) is 0.421. The maximum Gasteiger partial charge on any atom is 0.321 e. The molecule has 2 heterocycles. The van der Waals surface area contributed by atoms with Crippen LogP contribution in [0, 0.1) is 10.1 Å². The fourth-order valence-corrected chi connectivity index (χ4v) is 4.81. The normalized spacial score (nSPS) is 16.3. The predicted octanol–water partition coefficient (Wildman–Crippen LogP) is 3.31. The van der Waals surface area contributed by atoms with E-state index in [0.29, 0.717) is 24.6 Å². The van der Waals surface area contributed by atoms with Crippen LogP contribution in [0.3, 0.4) is 0 Å². The van der Waals surface area contributed by atoms with Gasteiger partial charge in [0.2, 0.25) is 0 Å². The van der Waals surface area contributed by atoms with Crippen LogP contribution in [-0.2, 0) is 13.0 Å². The highest BCUT2D eigenvalue weighted by Gasteiger charge is 2.29. The molecule has 1 fully saturated rings. The van der Waals surface area contributed by atoms with Crippen molar-refractivity contribution < 1.29 is 14.5 Å². The number of hydrogen-bond acceptors (Lipinski definition) is 6. The topological polar surface area (TPSA) is 117 Å². The average molecular weight is 415 g/mol. The highest BCUT2D eigenvalue weighted by molar-refractivity contribution is 7.15. The number of anilines is 1. The number of hydrogen-bond donors (Lipinski definition) is 2. The van der Waals surface area contributed by atoms with Gasteiger partial charge >= 0.3 is 6.03 Å². The lowest BCUT2D eigenvalue weighted by atomic mass is 10.1. The Kier molecular flexibility index (Phi) is 5.43. The second kappa shape index (κ2) is 8.16. The molecular weight excluding hydrogens is 394 g/mol. The van der Waals surface area contributed by atoms with E-state index in [1.807, 2.05) is 0 Å². The first-order valence-corrected chi connectivity index (χ1v) is 10.4. The van der Waals surface area contributed by atoms with Crippen molar-refractivity contribution in [2.24, 2.45) is 0 Å². The van der Waals surface area contributed by atoms with Crippen LogP contribution < -0.4 is 10.6 Å². The van der Waals surface area contributed by atoms with Crippen molar-refractivity contribution in [3.8, 4) is 0 Å². The first kappa shape index (κ1) is 19.3. The van der Waals surface area contributed by atoms with Gasteiger partial charge in [0.05, 0.1) is 17.2 Å². The molecular formula is C19H21N5O4S. The summed E-state index contributed by atoms with van der Waals surface area (Å²) in [7, 11) is 0. The Hall–Kier alpha value is -3.01. The summed E-state index contributed by atoms with van der Waals surface area (Å²) >= 11 is 1.34. The van der Waals surface area contributed by atoms with E-state index in [1.54, 1.807) is 17.0 Å². The number of para-hydroxylation sites is 1. The van der Waals surface area contributed by atoms with Crippen molar-refractivity contribution in [2.45, 2.75) is 44.7 Å². The molecule has 4 rings (SSSR count). The number of nitrogens with one attached hydrogen (secondary N) is 2. The number of urea groups is 1. The summed E-state index contributed by atoms with van der Waals surface area (Å²) in [5, 5.41) is 17.5. The molecule has 2 N–H and O–H groups in total. The monoisotopic (exact) mass is 415 g/mol. The molecule has 152 valence electrons. The zero-order valence-corrected chi connectivity index (χ0v) is 16.5. The maximum absolute atomic E-state index is 12.8. The van der Waals surface area contributed by atoms with Gasteiger partial charge in [-0.2, -0.15) is 0 Å². The van der Waals surface area contributed by atoms with Crippen molar-refractivity contribution in [3.05, 3.63) is 50.5 Å². The molecule has 2 aromatic rings. The largest absolute Gasteiger partial charge is 0.335 e. The molecule has 2 aliphatic rings. The van der Waals surface area contributed by atoms with Gasteiger partial charge in [0, 0.05) is 30.0 Å². The number of rotatable bonds is 4. The van der Waals surface area contributed by atoms with Crippen molar-refractivity contribution in [1.29, 1.82) is 0 Å². The minimum atomic E-state index is -0.541. The summed E-state index contributed by atoms with van der Waals surface area (Å²) in [6, 6.07) is 5.94. The summed E-state index contributed by atoms with van der Waals surface area (Å²) in [5.41, 5.74) is 0.746. The Labute approximate surface area is 171 Å². The lowest BCUT2D eigenvalue weighted by Gasteiger charge is -2.26. The number of carbonyl (C=O) groups excluding carboxylic acids is 2. The van der Waals surface area contributed by atoms with Crippen molar-refractivity contribution >= 4 is 34.1 Å². The number of amides is 3. The smallest absolute Gasteiger partial charge is 0.321 e. The molecule has 1 aliphatic heterocycles. The molecule has 0 spiro atoms. The van der Waals surface area contributed by atoms with Gasteiger partial charge in [0.25, 0.3) is 11.6 Å². The van der Waals surface area contributed by atoms with Gasteiger partial charge in [-0.15, -0.1) is 0 Å². The molecule has 0 radical (unpaired) electrons. The van der Waals surface area contributed by atoms with E-state index in [2.05, 4.69) is 15.6 Å². The number of nitrogens with zero attached hydrogens (tertiary/aromatic N) is 3. The SMILES string of the molecule is O=C(Nc1nc2c(s1)CN(C(=O)c1ccccc1[N+](=O)[O-])CC2)NC1CCCC1. The van der Waals surface area contributed by atoms with Gasteiger partial charge in [-0.25, -0.2) is 9.78 Å². The maximum atomic E-state index is 12.8. The van der Waals surface area contributed by atoms with E-state index >= 15 is 0 Å². The van der Waals surface area contributed by atoms with Crippen molar-refractivity contribution in [1.82, 2.24) is 15.2 Å². The first-order chi connectivity index (χ1) is 14.0. The Morgan fingerprint density at radius 2 is 2.00 bits per heavy atom. The van der Waals surface area contributed by atoms with Gasteiger partial charge < -0.3 is 10.2 Å². The minimum Gasteiger partial charge on any atom is -0.335 e. The molecule has 10 heteroatoms. The second-order valence-electron chi connectivity index (χ2n) is 7.22. The van der Waals surface area contributed by atoms with Gasteiger partial charge in [0.15, 0.2) is 5.13 Å². The zero-order valence-electron chi connectivity index (χ0n) is 15.7. The van der Waals surface area contributed by atoms with Crippen molar-refractivity contribution in [2.75, 3.05) is 11.9 Å². The van der Waals surface area contributed by atoms with E-state index in [4.69, 9.17) is 0 Å². The highest BCUT2D eigenvalue weighted by Crippen LogP contribution is 2.30. The molecule has 29 heavy (non-hydrogen) atoms. The highest BCUT2D eigenvalue weighted by atomic mass is 32.1. The summed E-state index contributed by atoms with van der Waals surface area (Å²) in [5.74, 6) is -0.371. The molecule has 1 aromatic heterocycles. The van der Waals surface area contributed by atoms with E-state index in [0.717, 1.165) is 36.3 Å². The van der Waals surface area contributed by atoms with Gasteiger partial charge in [0.1, 0.15) is 5.56 Å². The predicted molar refractivity (Wildman–Crippen MR) is 108 cm³/mol. The fourth-order valence-electron chi connectivity index (χ4n) is 3.80. The molecule has 0 saturated heterocycles. The molecule has 9 nitrogen and oxygen atoms in total. The molecule has 0 atom stereocenters. The van der Waals surface area contributed by atoms with Crippen LogP contribution in [0.15, 0.2) is 24.3 Å². The van der Waals surface area contributed by atoms with Gasteiger partial charge in [-0.1, -0.05) is 36.3 Å². The second-order valence-corrected chi connectivity index (χ2v) is 8.30. The molecule has 1 saturated carbocycles. The molecule has 0 bridgehead atoms. The third kappa shape index (κ3) is 4.21. The van der Waals surface area contributed by atoms with E-state index in [-0.39, 0.29) is 29.2 Å². The third-order valence-corrected chi connectivity index (χ3v) is 6.26. The number of aromatic nitrogens is 1. The minimum absolute atomic E-state index is 0.0831. The van der Waals surface area contributed by atoms with Crippen LogP contribution in [0.2, 0.25) is 0 Å². The first-order valence-electron chi connectivity index (χ1n) is 9.60. The quantitative estimate of drug-likeness (QED) is 0.587. The summed E-state index contributed by atoms with van der Waals surface area (Å²) < 4.78 is 0. The zero-order chi connectivity index (χ0) is 20.4. The van der Waals surface area contributed by atoms with E-state index < -0.39 is 4.92 Å². The molecule has 1 aromatic carbocycles. The summed E-state index contributed by atoms with van der Waals surface area (Å²) in [4.78, 5) is 42.6. The number of nitro groups is 1. The number of fused-ring (bicyclic) bond motifs is 1. The number of carbonyl (C=O) groups is 2. The lowest BCUT2D eigenvalue weighted by Crippen LogP contribution is -2.36. The van der Waals surface area contributed by atoms with Gasteiger partial charge in [-0.05, 0) is 18.9 Å². The molecule has 3 amide bonds. The van der Waals surface area contributed by atoms with Crippen LogP contribution in [0.1, 0.15) is 46.6 Å².